The second-order valence-electron chi connectivity index (χ2n) is 7.36. The van der Waals surface area contributed by atoms with Crippen LogP contribution in [0.1, 0.15) is 17.0 Å². The first kappa shape index (κ1) is 26.3. The Morgan fingerprint density at radius 3 is 2.31 bits per heavy atom. The number of fused-ring (bicyclic) bond motifs is 1. The first-order valence-electron chi connectivity index (χ1n) is 10.1. The molecule has 2 aromatic carbocycles. The number of rotatable bonds is 9. The molecule has 190 valence electrons. The Bertz CT molecular complexity index is 1180. The van der Waals surface area contributed by atoms with E-state index in [9.17, 15) is 30.7 Å². The first-order chi connectivity index (χ1) is 16.4. The Labute approximate surface area is 195 Å². The van der Waals surface area contributed by atoms with Gasteiger partial charge in [-0.25, -0.2) is 14.4 Å². The molecule has 6 nitrogen and oxygen atoms in total. The lowest BCUT2D eigenvalue weighted by atomic mass is 10.1. The summed E-state index contributed by atoms with van der Waals surface area (Å²) in [6.45, 7) is -0.542. The number of benzene rings is 2. The molecule has 0 aliphatic heterocycles. The van der Waals surface area contributed by atoms with Gasteiger partial charge in [0.2, 0.25) is 0 Å². The number of hydrogen-bond donors (Lipinski definition) is 1. The van der Waals surface area contributed by atoms with Crippen LogP contribution < -0.4 is 14.8 Å². The van der Waals surface area contributed by atoms with Crippen molar-refractivity contribution in [3.05, 3.63) is 53.1 Å². The highest BCUT2D eigenvalue weighted by molar-refractivity contribution is 5.91. The van der Waals surface area contributed by atoms with E-state index >= 15 is 0 Å². The fraction of sp³-hybridized carbons (Fsp3) is 0.364. The van der Waals surface area contributed by atoms with Crippen molar-refractivity contribution in [3.63, 3.8) is 0 Å². The molecule has 35 heavy (non-hydrogen) atoms. The van der Waals surface area contributed by atoms with Crippen LogP contribution in [0.15, 0.2) is 30.3 Å². The molecule has 1 N–H and O–H groups in total. The fourth-order valence-electron chi connectivity index (χ4n) is 3.16. The minimum Gasteiger partial charge on any atom is -0.493 e. The van der Waals surface area contributed by atoms with Crippen molar-refractivity contribution in [1.82, 2.24) is 9.97 Å². The molecule has 3 rings (SSSR count). The molecule has 1 heterocycles. The lowest BCUT2D eigenvalue weighted by Gasteiger charge is -2.15. The lowest BCUT2D eigenvalue weighted by molar-refractivity contribution is -0.175. The van der Waals surface area contributed by atoms with Gasteiger partial charge in [0.1, 0.15) is 30.7 Å². The molecule has 1 aromatic heterocycles. The summed E-state index contributed by atoms with van der Waals surface area (Å²) in [5.74, 6) is -0.0558. The Balaban J connectivity index is 1.83. The number of nitrogens with one attached hydrogen (secondary N) is 1. The van der Waals surface area contributed by atoms with Crippen LogP contribution >= 0.6 is 0 Å². The van der Waals surface area contributed by atoms with E-state index in [0.717, 1.165) is 12.1 Å². The first-order valence-corrected chi connectivity index (χ1v) is 10.1. The zero-order valence-corrected chi connectivity index (χ0v) is 18.5. The SMILES string of the molecule is COc1cc2nc(C)nc(NCc3cc(F)cc(C(F)(F)F)c3)c2cc1OCCOCC(F)(F)F. The number of alkyl halides is 6. The van der Waals surface area contributed by atoms with Crippen LogP contribution in [0, 0.1) is 12.7 Å². The van der Waals surface area contributed by atoms with E-state index in [1.54, 1.807) is 6.92 Å². The van der Waals surface area contributed by atoms with Crippen molar-refractivity contribution in [1.29, 1.82) is 0 Å². The second kappa shape index (κ2) is 10.5. The van der Waals surface area contributed by atoms with E-state index in [0.29, 0.717) is 22.8 Å². The number of aryl methyl sites for hydroxylation is 1. The van der Waals surface area contributed by atoms with E-state index in [1.807, 2.05) is 0 Å². The van der Waals surface area contributed by atoms with Crippen molar-refractivity contribution in [2.45, 2.75) is 25.8 Å². The molecule has 0 spiro atoms. The van der Waals surface area contributed by atoms with E-state index in [4.69, 9.17) is 9.47 Å². The van der Waals surface area contributed by atoms with Crippen LogP contribution in [0.5, 0.6) is 11.5 Å². The summed E-state index contributed by atoms with van der Waals surface area (Å²) in [5.41, 5.74) is -0.674. The van der Waals surface area contributed by atoms with Gasteiger partial charge < -0.3 is 19.5 Å². The third kappa shape index (κ3) is 7.31. The summed E-state index contributed by atoms with van der Waals surface area (Å²) in [7, 11) is 1.36. The largest absolute Gasteiger partial charge is 0.493 e. The Morgan fingerprint density at radius 1 is 0.914 bits per heavy atom. The molecular weight excluding hydrogens is 487 g/mol. The van der Waals surface area contributed by atoms with Crippen molar-refractivity contribution in [2.75, 3.05) is 32.2 Å². The van der Waals surface area contributed by atoms with Crippen LogP contribution in [0.25, 0.3) is 10.9 Å². The van der Waals surface area contributed by atoms with Crippen molar-refractivity contribution >= 4 is 16.7 Å². The summed E-state index contributed by atoms with van der Waals surface area (Å²) in [6, 6.07) is 5.20. The Kier molecular flexibility index (Phi) is 7.88. The smallest absolute Gasteiger partial charge is 0.416 e. The van der Waals surface area contributed by atoms with Gasteiger partial charge in [-0.15, -0.1) is 0 Å². The van der Waals surface area contributed by atoms with Crippen LogP contribution in [0.4, 0.5) is 36.6 Å². The van der Waals surface area contributed by atoms with Crippen LogP contribution in [0.2, 0.25) is 0 Å². The molecule has 0 saturated carbocycles. The van der Waals surface area contributed by atoms with E-state index in [-0.39, 0.29) is 42.6 Å². The van der Waals surface area contributed by atoms with Gasteiger partial charge in [-0.2, -0.15) is 26.3 Å². The lowest BCUT2D eigenvalue weighted by Crippen LogP contribution is -2.19. The van der Waals surface area contributed by atoms with E-state index < -0.39 is 30.3 Å². The second-order valence-corrected chi connectivity index (χ2v) is 7.36. The number of methoxy groups -OCH3 is 1. The maximum absolute atomic E-state index is 13.7. The van der Waals surface area contributed by atoms with Gasteiger partial charge in [-0.3, -0.25) is 0 Å². The maximum Gasteiger partial charge on any atom is 0.416 e. The predicted octanol–water partition coefficient (Wildman–Crippen LogP) is 5.67. The highest BCUT2D eigenvalue weighted by Crippen LogP contribution is 2.35. The molecule has 0 unspecified atom stereocenters. The maximum atomic E-state index is 13.7. The number of aromatic nitrogens is 2. The summed E-state index contributed by atoms with van der Waals surface area (Å²) in [4.78, 5) is 8.55. The van der Waals surface area contributed by atoms with Gasteiger partial charge in [0, 0.05) is 18.0 Å². The third-order valence-corrected chi connectivity index (χ3v) is 4.59. The summed E-state index contributed by atoms with van der Waals surface area (Å²) < 4.78 is 105. The molecule has 0 saturated heterocycles. The zero-order chi connectivity index (χ0) is 25.8. The zero-order valence-electron chi connectivity index (χ0n) is 18.5. The minimum absolute atomic E-state index is 0.0357. The van der Waals surface area contributed by atoms with Gasteiger partial charge in [0.15, 0.2) is 11.5 Å². The van der Waals surface area contributed by atoms with Gasteiger partial charge in [0.05, 0.1) is 24.8 Å². The summed E-state index contributed by atoms with van der Waals surface area (Å²) in [5, 5.41) is 3.28. The van der Waals surface area contributed by atoms with Gasteiger partial charge in [-0.1, -0.05) is 0 Å². The number of halogens is 7. The van der Waals surface area contributed by atoms with Crippen LogP contribution in [-0.4, -0.2) is 43.1 Å². The number of anilines is 1. The number of nitrogens with zero attached hydrogens (tertiary/aromatic N) is 2. The average molecular weight is 507 g/mol. The summed E-state index contributed by atoms with van der Waals surface area (Å²) in [6.07, 6.45) is -9.17. The minimum atomic E-state index is -4.71. The summed E-state index contributed by atoms with van der Waals surface area (Å²) >= 11 is 0. The van der Waals surface area contributed by atoms with Crippen LogP contribution in [-0.2, 0) is 17.5 Å². The normalized spacial score (nSPS) is 12.1. The topological polar surface area (TPSA) is 65.5 Å². The molecule has 0 amide bonds. The molecule has 0 radical (unpaired) electrons. The number of hydrogen-bond acceptors (Lipinski definition) is 6. The monoisotopic (exact) mass is 507 g/mol. The molecule has 0 bridgehead atoms. The van der Waals surface area contributed by atoms with Crippen molar-refractivity contribution < 1.29 is 44.9 Å². The molecular formula is C22H20F7N3O3. The van der Waals surface area contributed by atoms with E-state index in [1.165, 1.54) is 19.2 Å². The highest BCUT2D eigenvalue weighted by Gasteiger charge is 2.31. The molecule has 0 atom stereocenters. The average Bonchev–Trinajstić information content (AvgIpc) is 2.75. The highest BCUT2D eigenvalue weighted by atomic mass is 19.4. The van der Waals surface area contributed by atoms with Crippen molar-refractivity contribution in [2.24, 2.45) is 0 Å². The quantitative estimate of drug-likeness (QED) is 0.297. The molecule has 3 aromatic rings. The van der Waals surface area contributed by atoms with Gasteiger partial charge in [-0.05, 0) is 36.8 Å². The molecule has 0 aliphatic carbocycles. The third-order valence-electron chi connectivity index (χ3n) is 4.59. The Morgan fingerprint density at radius 2 is 1.66 bits per heavy atom. The predicted molar refractivity (Wildman–Crippen MR) is 112 cm³/mol. The fourth-order valence-corrected chi connectivity index (χ4v) is 3.16. The Hall–Kier alpha value is -3.35. The molecule has 0 fully saturated rings. The molecule has 13 heteroatoms. The van der Waals surface area contributed by atoms with E-state index in [2.05, 4.69) is 20.0 Å². The standard InChI is InChI=1S/C22H20F7N3O3/c1-12-31-17-9-18(33-2)19(35-4-3-34-11-21(24,25)26)8-16(17)20(32-12)30-10-13-5-14(22(27,28)29)7-15(23)6-13/h5-9H,3-4,10-11H2,1-2H3,(H,30,31,32). The van der Waals surface area contributed by atoms with Gasteiger partial charge >= 0.3 is 12.4 Å². The van der Waals surface area contributed by atoms with Crippen molar-refractivity contribution in [3.8, 4) is 11.5 Å². The van der Waals surface area contributed by atoms with Crippen LogP contribution in [0.3, 0.4) is 0 Å². The van der Waals surface area contributed by atoms with Gasteiger partial charge in [0.25, 0.3) is 0 Å². The number of ether oxygens (including phenoxy) is 3. The molecule has 0 aliphatic rings.